The van der Waals surface area contributed by atoms with Crippen LogP contribution in [-0.2, 0) is 6.42 Å². The molecule has 0 aromatic heterocycles. The minimum absolute atomic E-state index is 0.267. The molecule has 0 bridgehead atoms. The van der Waals surface area contributed by atoms with E-state index in [0.29, 0.717) is 5.75 Å². The Morgan fingerprint density at radius 2 is 1.75 bits per heavy atom. The number of anilines is 1. The Bertz CT molecular complexity index is 560. The number of benzene rings is 2. The molecule has 0 amide bonds. The van der Waals surface area contributed by atoms with Crippen molar-refractivity contribution in [1.29, 1.82) is 0 Å². The van der Waals surface area contributed by atoms with E-state index in [0.717, 1.165) is 24.1 Å². The number of rotatable bonds is 5. The predicted molar refractivity (Wildman–Crippen MR) is 85.3 cm³/mol. The average Bonchev–Trinajstić information content (AvgIpc) is 2.48. The summed E-state index contributed by atoms with van der Waals surface area (Å²) in [7, 11) is 0. The molecular formula is C18H23NO. The van der Waals surface area contributed by atoms with Crippen LogP contribution < -0.4 is 5.32 Å². The topological polar surface area (TPSA) is 32.3 Å². The van der Waals surface area contributed by atoms with Gasteiger partial charge in [0.2, 0.25) is 0 Å². The van der Waals surface area contributed by atoms with Crippen molar-refractivity contribution in [3.63, 3.8) is 0 Å². The molecule has 1 atom stereocenters. The van der Waals surface area contributed by atoms with Crippen LogP contribution in [0.3, 0.4) is 0 Å². The standard InChI is InChI=1S/C18H23NO/c1-4-14-7-9-15(10-8-14)17(5-2)19-16-11-6-13(3)18(20)12-16/h6-12,17,19-20H,4-5H2,1-3H3. The zero-order chi connectivity index (χ0) is 14.5. The van der Waals surface area contributed by atoms with Gasteiger partial charge in [0, 0.05) is 11.8 Å². The SMILES string of the molecule is CCc1ccc(C(CC)Nc2ccc(C)c(O)c2)cc1. The van der Waals surface area contributed by atoms with Crippen LogP contribution in [0, 0.1) is 6.92 Å². The zero-order valence-electron chi connectivity index (χ0n) is 12.5. The molecule has 0 aliphatic carbocycles. The van der Waals surface area contributed by atoms with Gasteiger partial charge in [0.1, 0.15) is 5.75 Å². The second-order valence-corrected chi connectivity index (χ2v) is 5.20. The van der Waals surface area contributed by atoms with Gasteiger partial charge in [0.05, 0.1) is 6.04 Å². The number of phenolic OH excluding ortho intramolecular Hbond substituents is 1. The summed E-state index contributed by atoms with van der Waals surface area (Å²) in [5, 5.41) is 13.3. The zero-order valence-corrected chi connectivity index (χ0v) is 12.5. The second-order valence-electron chi connectivity index (χ2n) is 5.20. The van der Waals surface area contributed by atoms with Crippen molar-refractivity contribution in [3.05, 3.63) is 59.2 Å². The maximum absolute atomic E-state index is 9.78. The van der Waals surface area contributed by atoms with E-state index in [1.165, 1.54) is 11.1 Å². The highest BCUT2D eigenvalue weighted by molar-refractivity contribution is 5.52. The van der Waals surface area contributed by atoms with E-state index in [9.17, 15) is 5.11 Å². The third kappa shape index (κ3) is 3.32. The summed E-state index contributed by atoms with van der Waals surface area (Å²) in [5.74, 6) is 0.339. The van der Waals surface area contributed by atoms with Crippen molar-refractivity contribution >= 4 is 5.69 Å². The van der Waals surface area contributed by atoms with Crippen molar-refractivity contribution < 1.29 is 5.11 Å². The summed E-state index contributed by atoms with van der Waals surface area (Å²) in [6.07, 6.45) is 2.07. The number of hydrogen-bond donors (Lipinski definition) is 2. The lowest BCUT2D eigenvalue weighted by atomic mass is 10.0. The number of phenols is 1. The van der Waals surface area contributed by atoms with E-state index < -0.39 is 0 Å². The molecule has 2 rings (SSSR count). The van der Waals surface area contributed by atoms with Crippen LogP contribution >= 0.6 is 0 Å². The molecule has 0 fully saturated rings. The molecule has 2 heteroatoms. The summed E-state index contributed by atoms with van der Waals surface area (Å²) in [6, 6.07) is 14.8. The van der Waals surface area contributed by atoms with Crippen LogP contribution in [0.5, 0.6) is 5.75 Å². The normalized spacial score (nSPS) is 12.2. The fourth-order valence-electron chi connectivity index (χ4n) is 2.31. The molecule has 0 radical (unpaired) electrons. The molecule has 20 heavy (non-hydrogen) atoms. The third-order valence-corrected chi connectivity index (χ3v) is 3.75. The average molecular weight is 269 g/mol. The van der Waals surface area contributed by atoms with Gasteiger partial charge in [-0.2, -0.15) is 0 Å². The molecule has 1 unspecified atom stereocenters. The fourth-order valence-corrected chi connectivity index (χ4v) is 2.31. The molecule has 2 aromatic carbocycles. The molecule has 0 aliphatic heterocycles. The van der Waals surface area contributed by atoms with E-state index in [2.05, 4.69) is 43.4 Å². The monoisotopic (exact) mass is 269 g/mol. The highest BCUT2D eigenvalue weighted by Gasteiger charge is 2.09. The molecule has 2 nitrogen and oxygen atoms in total. The maximum atomic E-state index is 9.78. The van der Waals surface area contributed by atoms with Crippen molar-refractivity contribution in [2.75, 3.05) is 5.32 Å². The summed E-state index contributed by atoms with van der Waals surface area (Å²) in [4.78, 5) is 0. The van der Waals surface area contributed by atoms with E-state index in [4.69, 9.17) is 0 Å². The highest BCUT2D eigenvalue weighted by Crippen LogP contribution is 2.26. The number of nitrogens with one attached hydrogen (secondary N) is 1. The molecule has 2 aromatic rings. The van der Waals surface area contributed by atoms with Crippen molar-refractivity contribution in [1.82, 2.24) is 0 Å². The van der Waals surface area contributed by atoms with Crippen molar-refractivity contribution in [2.24, 2.45) is 0 Å². The van der Waals surface area contributed by atoms with Gasteiger partial charge in [-0.25, -0.2) is 0 Å². The van der Waals surface area contributed by atoms with Gasteiger partial charge in [0.25, 0.3) is 0 Å². The predicted octanol–water partition coefficient (Wildman–Crippen LogP) is 4.83. The van der Waals surface area contributed by atoms with Crippen LogP contribution in [0.25, 0.3) is 0 Å². The van der Waals surface area contributed by atoms with Crippen molar-refractivity contribution in [3.8, 4) is 5.75 Å². The number of hydrogen-bond acceptors (Lipinski definition) is 2. The Morgan fingerprint density at radius 1 is 1.05 bits per heavy atom. The van der Waals surface area contributed by atoms with Gasteiger partial charge < -0.3 is 10.4 Å². The molecule has 2 N–H and O–H groups in total. The first-order valence-electron chi connectivity index (χ1n) is 7.29. The summed E-state index contributed by atoms with van der Waals surface area (Å²) in [6.45, 7) is 6.24. The first-order chi connectivity index (χ1) is 9.63. The van der Waals surface area contributed by atoms with E-state index in [1.807, 2.05) is 19.1 Å². The molecule has 0 saturated heterocycles. The van der Waals surface area contributed by atoms with Gasteiger partial charge in [-0.3, -0.25) is 0 Å². The summed E-state index contributed by atoms with van der Waals surface area (Å²) in [5.41, 5.74) is 4.50. The second kappa shape index (κ2) is 6.47. The maximum Gasteiger partial charge on any atom is 0.120 e. The Morgan fingerprint density at radius 3 is 2.30 bits per heavy atom. The largest absolute Gasteiger partial charge is 0.508 e. The molecule has 0 heterocycles. The lowest BCUT2D eigenvalue weighted by Crippen LogP contribution is -2.09. The van der Waals surface area contributed by atoms with Crippen LogP contribution in [-0.4, -0.2) is 5.11 Å². The Labute approximate surface area is 121 Å². The van der Waals surface area contributed by atoms with Crippen LogP contribution in [0.1, 0.15) is 43.0 Å². The lowest BCUT2D eigenvalue weighted by molar-refractivity contribution is 0.471. The third-order valence-electron chi connectivity index (χ3n) is 3.75. The molecule has 106 valence electrons. The summed E-state index contributed by atoms with van der Waals surface area (Å²) >= 11 is 0. The minimum atomic E-state index is 0.267. The van der Waals surface area contributed by atoms with E-state index in [-0.39, 0.29) is 6.04 Å². The number of aromatic hydroxyl groups is 1. The first kappa shape index (κ1) is 14.4. The minimum Gasteiger partial charge on any atom is -0.508 e. The molecule has 0 aliphatic rings. The van der Waals surface area contributed by atoms with Crippen LogP contribution in [0.2, 0.25) is 0 Å². The highest BCUT2D eigenvalue weighted by atomic mass is 16.3. The first-order valence-corrected chi connectivity index (χ1v) is 7.29. The van der Waals surface area contributed by atoms with Gasteiger partial charge >= 0.3 is 0 Å². The van der Waals surface area contributed by atoms with Crippen LogP contribution in [0.4, 0.5) is 5.69 Å². The van der Waals surface area contributed by atoms with Crippen LogP contribution in [0.15, 0.2) is 42.5 Å². The van der Waals surface area contributed by atoms with Gasteiger partial charge in [-0.15, -0.1) is 0 Å². The van der Waals surface area contributed by atoms with Gasteiger partial charge in [-0.1, -0.05) is 44.2 Å². The summed E-state index contributed by atoms with van der Waals surface area (Å²) < 4.78 is 0. The molecule has 0 saturated carbocycles. The fraction of sp³-hybridized carbons (Fsp3) is 0.333. The van der Waals surface area contributed by atoms with E-state index in [1.54, 1.807) is 6.07 Å². The smallest absolute Gasteiger partial charge is 0.120 e. The lowest BCUT2D eigenvalue weighted by Gasteiger charge is -2.19. The Balaban J connectivity index is 2.16. The Hall–Kier alpha value is -1.96. The quantitative estimate of drug-likeness (QED) is 0.815. The molecule has 0 spiro atoms. The van der Waals surface area contributed by atoms with Gasteiger partial charge in [-0.05, 0) is 42.5 Å². The van der Waals surface area contributed by atoms with Gasteiger partial charge in [0.15, 0.2) is 0 Å². The van der Waals surface area contributed by atoms with E-state index >= 15 is 0 Å². The number of aryl methyl sites for hydroxylation is 2. The Kier molecular flexibility index (Phi) is 4.67. The molecular weight excluding hydrogens is 246 g/mol. The van der Waals surface area contributed by atoms with Crippen molar-refractivity contribution in [2.45, 2.75) is 39.7 Å².